The van der Waals surface area contributed by atoms with E-state index in [-0.39, 0.29) is 11.8 Å². The summed E-state index contributed by atoms with van der Waals surface area (Å²) in [5, 5.41) is 3.20. The van der Waals surface area contributed by atoms with E-state index in [1.807, 2.05) is 71.6 Å². The highest BCUT2D eigenvalue weighted by molar-refractivity contribution is 6.12. The summed E-state index contributed by atoms with van der Waals surface area (Å²) < 4.78 is 0. The van der Waals surface area contributed by atoms with Crippen molar-refractivity contribution in [1.29, 1.82) is 0 Å². The van der Waals surface area contributed by atoms with Crippen molar-refractivity contribution in [2.75, 3.05) is 11.4 Å². The highest BCUT2D eigenvalue weighted by Crippen LogP contribution is 2.50. The molecule has 1 aliphatic carbocycles. The van der Waals surface area contributed by atoms with Crippen LogP contribution >= 0.6 is 0 Å². The lowest BCUT2D eigenvalue weighted by atomic mass is 9.65. The summed E-state index contributed by atoms with van der Waals surface area (Å²) in [6, 6.07) is 21.5. The van der Waals surface area contributed by atoms with Crippen molar-refractivity contribution >= 4 is 17.5 Å². The number of para-hydroxylation sites is 1. The van der Waals surface area contributed by atoms with Crippen LogP contribution < -0.4 is 10.2 Å². The first-order chi connectivity index (χ1) is 16.2. The summed E-state index contributed by atoms with van der Waals surface area (Å²) in [5.74, 6) is -0.393. The molecule has 168 valence electrons. The van der Waals surface area contributed by atoms with Crippen molar-refractivity contribution in [2.45, 2.75) is 50.0 Å². The topological polar surface area (TPSA) is 62.3 Å². The lowest BCUT2D eigenvalue weighted by molar-refractivity contribution is -0.124. The van der Waals surface area contributed by atoms with Gasteiger partial charge in [0.1, 0.15) is 0 Å². The Kier molecular flexibility index (Phi) is 5.95. The Hall–Kier alpha value is -3.47. The first-order valence-electron chi connectivity index (χ1n) is 11.9. The van der Waals surface area contributed by atoms with Gasteiger partial charge in [0.25, 0.3) is 5.91 Å². The maximum Gasteiger partial charge on any atom is 0.259 e. The summed E-state index contributed by atoms with van der Waals surface area (Å²) in [7, 11) is 0. The smallest absolute Gasteiger partial charge is 0.259 e. The third-order valence-corrected chi connectivity index (χ3v) is 7.15. The molecule has 5 rings (SSSR count). The molecule has 1 aromatic heterocycles. The molecule has 3 aromatic rings. The Labute approximate surface area is 194 Å². The SMILES string of the molecule is O=C(NCCc1ccncc1)[C@@H]1c2ccccc2C(=O)N(c2ccccc2)C12CCCCC2. The first-order valence-corrected chi connectivity index (χ1v) is 11.9. The molecule has 1 aliphatic heterocycles. The molecule has 0 radical (unpaired) electrons. The van der Waals surface area contributed by atoms with Crippen molar-refractivity contribution in [1.82, 2.24) is 10.3 Å². The summed E-state index contributed by atoms with van der Waals surface area (Å²) in [4.78, 5) is 33.7. The van der Waals surface area contributed by atoms with Crippen molar-refractivity contribution in [3.8, 4) is 0 Å². The third-order valence-electron chi connectivity index (χ3n) is 7.15. The van der Waals surface area contributed by atoms with E-state index in [9.17, 15) is 9.59 Å². The number of nitrogens with one attached hydrogen (secondary N) is 1. The minimum atomic E-state index is -0.550. The van der Waals surface area contributed by atoms with E-state index in [0.29, 0.717) is 12.1 Å². The van der Waals surface area contributed by atoms with Crippen LogP contribution in [-0.2, 0) is 11.2 Å². The average Bonchev–Trinajstić information content (AvgIpc) is 2.86. The number of rotatable bonds is 5. The number of anilines is 1. The van der Waals surface area contributed by atoms with E-state index in [1.165, 1.54) is 0 Å². The van der Waals surface area contributed by atoms with E-state index < -0.39 is 11.5 Å². The number of amides is 2. The predicted octanol–water partition coefficient (Wildman–Crippen LogP) is 4.89. The molecule has 1 fully saturated rings. The van der Waals surface area contributed by atoms with Gasteiger partial charge in [-0.05, 0) is 60.7 Å². The molecule has 2 aliphatic rings. The van der Waals surface area contributed by atoms with E-state index in [1.54, 1.807) is 12.4 Å². The van der Waals surface area contributed by atoms with Crippen LogP contribution in [0.1, 0.15) is 59.5 Å². The van der Waals surface area contributed by atoms with Gasteiger partial charge < -0.3 is 10.2 Å². The highest BCUT2D eigenvalue weighted by Gasteiger charge is 2.55. The quantitative estimate of drug-likeness (QED) is 0.616. The maximum absolute atomic E-state index is 13.8. The molecule has 5 heteroatoms. The van der Waals surface area contributed by atoms with Crippen LogP contribution in [0.5, 0.6) is 0 Å². The van der Waals surface area contributed by atoms with Crippen molar-refractivity contribution in [3.05, 3.63) is 95.8 Å². The Morgan fingerprint density at radius 2 is 1.64 bits per heavy atom. The number of pyridine rings is 1. The second-order valence-electron chi connectivity index (χ2n) is 9.06. The zero-order valence-electron chi connectivity index (χ0n) is 18.7. The molecule has 1 atom stereocenters. The van der Waals surface area contributed by atoms with Crippen LogP contribution in [0.2, 0.25) is 0 Å². The van der Waals surface area contributed by atoms with Crippen LogP contribution in [-0.4, -0.2) is 28.9 Å². The molecule has 2 aromatic carbocycles. The molecule has 2 heterocycles. The zero-order chi connectivity index (χ0) is 22.7. The maximum atomic E-state index is 13.8. The molecule has 1 saturated carbocycles. The Bertz CT molecular complexity index is 1120. The number of fused-ring (bicyclic) bond motifs is 1. The lowest BCUT2D eigenvalue weighted by Crippen LogP contribution is -2.63. The van der Waals surface area contributed by atoms with Gasteiger partial charge >= 0.3 is 0 Å². The monoisotopic (exact) mass is 439 g/mol. The van der Waals surface area contributed by atoms with Gasteiger partial charge in [-0.1, -0.05) is 55.7 Å². The molecule has 1 spiro atoms. The fraction of sp³-hybridized carbons (Fsp3) is 0.321. The van der Waals surface area contributed by atoms with Gasteiger partial charge in [0, 0.05) is 30.2 Å². The Morgan fingerprint density at radius 1 is 0.939 bits per heavy atom. The molecule has 0 unspecified atom stereocenters. The number of benzene rings is 2. The van der Waals surface area contributed by atoms with Gasteiger partial charge in [-0.2, -0.15) is 0 Å². The standard InChI is InChI=1S/C28H29N3O2/c32-26(30-20-15-21-13-18-29-19-14-21)25-23-11-5-6-12-24(23)27(33)31(22-9-3-1-4-10-22)28(25)16-7-2-8-17-28/h1,3-6,9-14,18-19,25H,2,7-8,15-17,20H2,(H,30,32)/t25-/m0/s1. The summed E-state index contributed by atoms with van der Waals surface area (Å²) >= 11 is 0. The van der Waals surface area contributed by atoms with Crippen LogP contribution in [0, 0.1) is 0 Å². The largest absolute Gasteiger partial charge is 0.355 e. The summed E-state index contributed by atoms with van der Waals surface area (Å²) in [5.41, 5.74) is 2.95. The minimum Gasteiger partial charge on any atom is -0.355 e. The van der Waals surface area contributed by atoms with Gasteiger partial charge in [0.2, 0.25) is 5.91 Å². The number of hydrogen-bond donors (Lipinski definition) is 1. The molecule has 2 amide bonds. The summed E-state index contributed by atoms with van der Waals surface area (Å²) in [6.45, 7) is 0.552. The number of nitrogens with zero attached hydrogens (tertiary/aromatic N) is 2. The zero-order valence-corrected chi connectivity index (χ0v) is 18.7. The molecular formula is C28H29N3O2. The Morgan fingerprint density at radius 3 is 2.39 bits per heavy atom. The van der Waals surface area contributed by atoms with E-state index in [2.05, 4.69) is 10.3 Å². The van der Waals surface area contributed by atoms with Gasteiger partial charge in [-0.15, -0.1) is 0 Å². The van der Waals surface area contributed by atoms with Crippen molar-refractivity contribution in [3.63, 3.8) is 0 Å². The number of hydrogen-bond acceptors (Lipinski definition) is 3. The van der Waals surface area contributed by atoms with E-state index in [0.717, 1.165) is 55.3 Å². The predicted molar refractivity (Wildman–Crippen MR) is 129 cm³/mol. The van der Waals surface area contributed by atoms with E-state index >= 15 is 0 Å². The number of carbonyl (C=O) groups is 2. The third kappa shape index (κ3) is 3.92. The Balaban J connectivity index is 1.54. The second-order valence-corrected chi connectivity index (χ2v) is 9.06. The number of aromatic nitrogens is 1. The van der Waals surface area contributed by atoms with Gasteiger partial charge in [0.15, 0.2) is 0 Å². The van der Waals surface area contributed by atoms with Crippen LogP contribution in [0.15, 0.2) is 79.1 Å². The van der Waals surface area contributed by atoms with Crippen molar-refractivity contribution < 1.29 is 9.59 Å². The van der Waals surface area contributed by atoms with Gasteiger partial charge in [-0.25, -0.2) is 0 Å². The summed E-state index contributed by atoms with van der Waals surface area (Å²) in [6.07, 6.45) is 9.10. The lowest BCUT2D eigenvalue weighted by Gasteiger charge is -2.53. The van der Waals surface area contributed by atoms with Crippen LogP contribution in [0.25, 0.3) is 0 Å². The normalized spacial score (nSPS) is 19.2. The van der Waals surface area contributed by atoms with E-state index in [4.69, 9.17) is 0 Å². The first kappa shape index (κ1) is 21.4. The van der Waals surface area contributed by atoms with Crippen LogP contribution in [0.3, 0.4) is 0 Å². The fourth-order valence-electron chi connectivity index (χ4n) is 5.68. The van der Waals surface area contributed by atoms with Gasteiger partial charge in [0.05, 0.1) is 11.5 Å². The molecular weight excluding hydrogens is 410 g/mol. The van der Waals surface area contributed by atoms with Gasteiger partial charge in [-0.3, -0.25) is 14.6 Å². The molecule has 5 nitrogen and oxygen atoms in total. The number of carbonyl (C=O) groups excluding carboxylic acids is 2. The molecule has 33 heavy (non-hydrogen) atoms. The average molecular weight is 440 g/mol. The molecule has 0 bridgehead atoms. The fourth-order valence-corrected chi connectivity index (χ4v) is 5.68. The van der Waals surface area contributed by atoms with Crippen molar-refractivity contribution in [2.24, 2.45) is 0 Å². The minimum absolute atomic E-state index is 0.000430. The molecule has 1 N–H and O–H groups in total. The second kappa shape index (κ2) is 9.18. The molecule has 0 saturated heterocycles. The highest BCUT2D eigenvalue weighted by atomic mass is 16.2. The van der Waals surface area contributed by atoms with Crippen LogP contribution in [0.4, 0.5) is 5.69 Å².